The van der Waals surface area contributed by atoms with Gasteiger partial charge >= 0.3 is 0 Å². The molecule has 0 heterocycles. The number of hydrogen-bond acceptors (Lipinski definition) is 2. The molecule has 4 aliphatic rings. The lowest BCUT2D eigenvalue weighted by Gasteiger charge is -2.61. The van der Waals surface area contributed by atoms with Gasteiger partial charge in [-0.25, -0.2) is 0 Å². The molecule has 0 unspecified atom stereocenters. The van der Waals surface area contributed by atoms with E-state index >= 15 is 0 Å². The standard InChI is InChI=1S/C16H30N2/c1-4-18(11-15(2,3)17)16-8-12-5-13(9-16)7-14(6-12)10-16/h12-14H,4-11,17H2,1-3H3. The van der Waals surface area contributed by atoms with Crippen molar-refractivity contribution >= 4 is 0 Å². The highest BCUT2D eigenvalue weighted by atomic mass is 15.2. The molecule has 0 amide bonds. The summed E-state index contributed by atoms with van der Waals surface area (Å²) in [6, 6.07) is 0. The van der Waals surface area contributed by atoms with Crippen LogP contribution in [0.4, 0.5) is 0 Å². The largest absolute Gasteiger partial charge is 0.324 e. The molecule has 2 N–H and O–H groups in total. The third-order valence-corrected chi connectivity index (χ3v) is 5.66. The second kappa shape index (κ2) is 4.21. The highest BCUT2D eigenvalue weighted by molar-refractivity contribution is 5.08. The van der Waals surface area contributed by atoms with Crippen molar-refractivity contribution in [3.05, 3.63) is 0 Å². The van der Waals surface area contributed by atoms with Crippen LogP contribution < -0.4 is 5.73 Å². The van der Waals surface area contributed by atoms with E-state index in [-0.39, 0.29) is 5.54 Å². The van der Waals surface area contributed by atoms with Gasteiger partial charge in [-0.1, -0.05) is 6.92 Å². The van der Waals surface area contributed by atoms with E-state index in [4.69, 9.17) is 5.73 Å². The zero-order valence-corrected chi connectivity index (χ0v) is 12.4. The topological polar surface area (TPSA) is 29.3 Å². The van der Waals surface area contributed by atoms with Crippen LogP contribution in [0.1, 0.15) is 59.3 Å². The lowest BCUT2D eigenvalue weighted by Crippen LogP contribution is -2.63. The molecule has 0 aliphatic heterocycles. The molecule has 18 heavy (non-hydrogen) atoms. The van der Waals surface area contributed by atoms with E-state index in [1.807, 2.05) is 0 Å². The van der Waals surface area contributed by atoms with Crippen LogP contribution in [0.3, 0.4) is 0 Å². The molecule has 0 spiro atoms. The van der Waals surface area contributed by atoms with Gasteiger partial charge in [-0.2, -0.15) is 0 Å². The smallest absolute Gasteiger partial charge is 0.0226 e. The second-order valence-corrected chi connectivity index (χ2v) is 8.14. The highest BCUT2D eigenvalue weighted by Gasteiger charge is 2.53. The maximum absolute atomic E-state index is 6.29. The predicted octanol–water partition coefficient (Wildman–Crippen LogP) is 3.01. The first-order valence-electron chi connectivity index (χ1n) is 7.94. The molecule has 0 saturated heterocycles. The summed E-state index contributed by atoms with van der Waals surface area (Å²) in [7, 11) is 0. The van der Waals surface area contributed by atoms with Crippen molar-refractivity contribution in [1.82, 2.24) is 4.90 Å². The molecule has 4 fully saturated rings. The maximum atomic E-state index is 6.29. The summed E-state index contributed by atoms with van der Waals surface area (Å²) in [6.45, 7) is 8.92. The van der Waals surface area contributed by atoms with Crippen molar-refractivity contribution in [3.63, 3.8) is 0 Å². The van der Waals surface area contributed by atoms with Crippen molar-refractivity contribution in [2.75, 3.05) is 13.1 Å². The molecule has 2 heteroatoms. The Labute approximate surface area is 112 Å². The molecule has 0 aromatic carbocycles. The molecule has 0 atom stereocenters. The van der Waals surface area contributed by atoms with Crippen molar-refractivity contribution in [2.45, 2.75) is 70.4 Å². The molecule has 4 saturated carbocycles. The lowest BCUT2D eigenvalue weighted by atomic mass is 9.52. The van der Waals surface area contributed by atoms with Gasteiger partial charge in [0.15, 0.2) is 0 Å². The first kappa shape index (κ1) is 12.9. The molecule has 4 bridgehead atoms. The minimum absolute atomic E-state index is 0.0562. The molecule has 0 aromatic heterocycles. The summed E-state index contributed by atoms with van der Waals surface area (Å²) in [5, 5.41) is 0. The Morgan fingerprint density at radius 2 is 1.50 bits per heavy atom. The van der Waals surface area contributed by atoms with Crippen LogP contribution in [-0.2, 0) is 0 Å². The van der Waals surface area contributed by atoms with Crippen molar-refractivity contribution in [1.29, 1.82) is 0 Å². The third kappa shape index (κ3) is 2.22. The number of hydrogen-bond donors (Lipinski definition) is 1. The highest BCUT2D eigenvalue weighted by Crippen LogP contribution is 2.57. The Kier molecular flexibility index (Phi) is 3.02. The average molecular weight is 250 g/mol. The fraction of sp³-hybridized carbons (Fsp3) is 1.00. The molecule has 2 nitrogen and oxygen atoms in total. The van der Waals surface area contributed by atoms with Crippen molar-refractivity contribution < 1.29 is 0 Å². The van der Waals surface area contributed by atoms with Gasteiger partial charge in [-0.05, 0) is 76.7 Å². The molecule has 0 radical (unpaired) electrons. The Hall–Kier alpha value is -0.0800. The predicted molar refractivity (Wildman–Crippen MR) is 76.4 cm³/mol. The Bertz CT molecular complexity index is 280. The minimum atomic E-state index is -0.0562. The average Bonchev–Trinajstić information content (AvgIpc) is 2.22. The van der Waals surface area contributed by atoms with Gasteiger partial charge in [0, 0.05) is 17.6 Å². The van der Waals surface area contributed by atoms with Crippen LogP contribution in [-0.4, -0.2) is 29.1 Å². The van der Waals surface area contributed by atoms with E-state index in [2.05, 4.69) is 25.7 Å². The van der Waals surface area contributed by atoms with Crippen LogP contribution in [0.5, 0.6) is 0 Å². The Balaban J connectivity index is 1.80. The van der Waals surface area contributed by atoms with Crippen LogP contribution in [0.2, 0.25) is 0 Å². The lowest BCUT2D eigenvalue weighted by molar-refractivity contribution is -0.0917. The minimum Gasteiger partial charge on any atom is -0.324 e. The molecular formula is C16H30N2. The van der Waals surface area contributed by atoms with E-state index in [1.54, 1.807) is 0 Å². The molecular weight excluding hydrogens is 220 g/mol. The van der Waals surface area contributed by atoms with Gasteiger partial charge < -0.3 is 5.73 Å². The van der Waals surface area contributed by atoms with Crippen molar-refractivity contribution in [2.24, 2.45) is 23.5 Å². The van der Waals surface area contributed by atoms with Gasteiger partial charge in [-0.15, -0.1) is 0 Å². The van der Waals surface area contributed by atoms with Crippen LogP contribution >= 0.6 is 0 Å². The van der Waals surface area contributed by atoms with Crippen LogP contribution in [0, 0.1) is 17.8 Å². The zero-order chi connectivity index (χ0) is 13.0. The second-order valence-electron chi connectivity index (χ2n) is 8.14. The van der Waals surface area contributed by atoms with Gasteiger partial charge in [0.1, 0.15) is 0 Å². The quantitative estimate of drug-likeness (QED) is 0.831. The van der Waals surface area contributed by atoms with E-state index in [1.165, 1.54) is 45.1 Å². The summed E-state index contributed by atoms with van der Waals surface area (Å²) in [4.78, 5) is 2.75. The normalized spacial score (nSPS) is 42.8. The first-order valence-corrected chi connectivity index (χ1v) is 7.94. The SMILES string of the molecule is CCN(CC(C)(C)N)C12CC3CC(CC(C3)C1)C2. The summed E-state index contributed by atoms with van der Waals surface area (Å²) in [5.41, 5.74) is 6.76. The first-order chi connectivity index (χ1) is 8.40. The number of rotatable bonds is 4. The fourth-order valence-corrected chi connectivity index (χ4v) is 5.56. The fourth-order valence-electron chi connectivity index (χ4n) is 5.56. The van der Waals surface area contributed by atoms with E-state index in [9.17, 15) is 0 Å². The Morgan fingerprint density at radius 3 is 1.83 bits per heavy atom. The van der Waals surface area contributed by atoms with Crippen molar-refractivity contribution in [3.8, 4) is 0 Å². The molecule has 4 aliphatic carbocycles. The monoisotopic (exact) mass is 250 g/mol. The van der Waals surface area contributed by atoms with E-state index in [0.29, 0.717) is 5.54 Å². The van der Waals surface area contributed by atoms with Gasteiger partial charge in [-0.3, -0.25) is 4.90 Å². The molecule has 0 aromatic rings. The van der Waals surface area contributed by atoms with Crippen LogP contribution in [0.15, 0.2) is 0 Å². The number of likely N-dealkylation sites (N-methyl/N-ethyl adjacent to an activating group) is 1. The summed E-state index contributed by atoms with van der Waals surface area (Å²) in [5.74, 6) is 3.10. The zero-order valence-electron chi connectivity index (χ0n) is 12.4. The van der Waals surface area contributed by atoms with E-state index < -0.39 is 0 Å². The molecule has 4 rings (SSSR count). The Morgan fingerprint density at radius 1 is 1.06 bits per heavy atom. The maximum Gasteiger partial charge on any atom is 0.0226 e. The molecule has 104 valence electrons. The number of nitrogens with two attached hydrogens (primary N) is 1. The van der Waals surface area contributed by atoms with Crippen LogP contribution in [0.25, 0.3) is 0 Å². The number of nitrogens with zero attached hydrogens (tertiary/aromatic N) is 1. The van der Waals surface area contributed by atoms with Gasteiger partial charge in [0.2, 0.25) is 0 Å². The summed E-state index contributed by atoms with van der Waals surface area (Å²) >= 11 is 0. The van der Waals surface area contributed by atoms with Gasteiger partial charge in [0.05, 0.1) is 0 Å². The third-order valence-electron chi connectivity index (χ3n) is 5.66. The summed E-state index contributed by atoms with van der Waals surface area (Å²) < 4.78 is 0. The van der Waals surface area contributed by atoms with Gasteiger partial charge in [0.25, 0.3) is 0 Å². The van der Waals surface area contributed by atoms with E-state index in [0.717, 1.165) is 24.3 Å². The summed E-state index contributed by atoms with van der Waals surface area (Å²) in [6.07, 6.45) is 8.98.